The first-order valence-corrected chi connectivity index (χ1v) is 15.2. The molecule has 2 aromatic heterocycles. The molecule has 206 valence electrons. The van der Waals surface area contributed by atoms with Crippen molar-refractivity contribution in [3.63, 3.8) is 0 Å². The van der Waals surface area contributed by atoms with Crippen LogP contribution >= 0.6 is 0 Å². The lowest BCUT2D eigenvalue weighted by atomic mass is 9.90. The monoisotopic (exact) mass is 562 g/mol. The molecule has 0 atom stereocenters. The lowest BCUT2D eigenvalue weighted by Gasteiger charge is -2.13. The zero-order valence-corrected chi connectivity index (χ0v) is 24.4. The number of fused-ring (bicyclic) bond motifs is 2. The van der Waals surface area contributed by atoms with E-state index in [0.717, 1.165) is 33.1 Å². The van der Waals surface area contributed by atoms with E-state index < -0.39 is 0 Å². The molecule has 0 N–H and O–H groups in total. The molecule has 8 aromatic carbocycles. The van der Waals surface area contributed by atoms with Gasteiger partial charge < -0.3 is 8.83 Å². The van der Waals surface area contributed by atoms with Crippen LogP contribution in [-0.2, 0) is 0 Å². The van der Waals surface area contributed by atoms with E-state index in [4.69, 9.17) is 8.83 Å². The molecule has 10 aromatic rings. The Morgan fingerprint density at radius 2 is 0.591 bits per heavy atom. The molecule has 0 fully saturated rings. The second-order valence-corrected chi connectivity index (χ2v) is 12.1. The minimum atomic E-state index is 0.890. The largest absolute Gasteiger partial charge is 0.456 e. The van der Waals surface area contributed by atoms with Crippen LogP contribution < -0.4 is 0 Å². The van der Waals surface area contributed by atoms with Gasteiger partial charge in [0.1, 0.15) is 22.3 Å². The topological polar surface area (TPSA) is 26.3 Å². The minimum Gasteiger partial charge on any atom is -0.456 e. The Labute approximate surface area is 252 Å². The molecule has 0 saturated heterocycles. The molecule has 44 heavy (non-hydrogen) atoms. The first-order valence-electron chi connectivity index (χ1n) is 15.2. The summed E-state index contributed by atoms with van der Waals surface area (Å²) in [6.07, 6.45) is 0. The summed E-state index contributed by atoms with van der Waals surface area (Å²) in [5.74, 6) is 0. The third-order valence-corrected chi connectivity index (χ3v) is 9.76. The van der Waals surface area contributed by atoms with E-state index in [2.05, 4.69) is 135 Å². The molecular weight excluding hydrogens is 536 g/mol. The Balaban J connectivity index is 1.37. The average Bonchev–Trinajstić information content (AvgIpc) is 3.29. The van der Waals surface area contributed by atoms with Gasteiger partial charge in [-0.1, -0.05) is 97.1 Å². The molecule has 0 spiro atoms. The summed E-state index contributed by atoms with van der Waals surface area (Å²) in [5.41, 5.74) is 8.47. The van der Waals surface area contributed by atoms with Gasteiger partial charge in [0.2, 0.25) is 0 Å². The van der Waals surface area contributed by atoms with E-state index in [0.29, 0.717) is 0 Å². The van der Waals surface area contributed by atoms with Gasteiger partial charge in [-0.2, -0.15) is 0 Å². The molecule has 0 amide bonds. The molecule has 0 radical (unpaired) electrons. The maximum Gasteiger partial charge on any atom is 0.135 e. The predicted molar refractivity (Wildman–Crippen MR) is 186 cm³/mol. The molecule has 10 rings (SSSR count). The Morgan fingerprint density at radius 1 is 0.295 bits per heavy atom. The molecule has 0 saturated carbocycles. The summed E-state index contributed by atoms with van der Waals surface area (Å²) in [6.45, 7) is 4.34. The van der Waals surface area contributed by atoms with E-state index in [1.54, 1.807) is 0 Å². The maximum absolute atomic E-state index is 6.72. The van der Waals surface area contributed by atoms with Crippen LogP contribution in [-0.4, -0.2) is 0 Å². The third kappa shape index (κ3) is 3.04. The lowest BCUT2D eigenvalue weighted by molar-refractivity contribution is 0.663. The lowest BCUT2D eigenvalue weighted by Crippen LogP contribution is -1.86. The van der Waals surface area contributed by atoms with Crippen molar-refractivity contribution in [3.05, 3.63) is 132 Å². The summed E-state index contributed by atoms with van der Waals surface area (Å²) in [7, 11) is 0. The van der Waals surface area contributed by atoms with E-state index in [9.17, 15) is 0 Å². The minimum absolute atomic E-state index is 0.890. The van der Waals surface area contributed by atoms with Crippen LogP contribution in [0.15, 0.2) is 130 Å². The van der Waals surface area contributed by atoms with Gasteiger partial charge in [-0.05, 0) is 103 Å². The predicted octanol–water partition coefficient (Wildman–Crippen LogP) is 12.4. The van der Waals surface area contributed by atoms with Crippen LogP contribution in [0.3, 0.4) is 0 Å². The standard InChI is InChI=1S/C42H26O2/c1-23-15-19-35-39-25(23)7-3-11-31(39)33-13-5-9-29-27(17-21-37(43-35)41(29)33)28-18-22-38-42-30(28)10-6-14-34(42)32-12-4-8-26-24(2)16-20-36(44-38)40(26)32/h3-22H,1-2H3. The average molecular weight is 563 g/mol. The highest BCUT2D eigenvalue weighted by atomic mass is 16.3. The first kappa shape index (κ1) is 23.9. The fourth-order valence-corrected chi connectivity index (χ4v) is 7.73. The summed E-state index contributed by atoms with van der Waals surface area (Å²) in [4.78, 5) is 0. The van der Waals surface area contributed by atoms with Gasteiger partial charge in [0.15, 0.2) is 0 Å². The number of aryl methyl sites for hydroxylation is 2. The van der Waals surface area contributed by atoms with Crippen LogP contribution in [0.1, 0.15) is 11.1 Å². The SMILES string of the molecule is Cc1ccc2oc3ccc(-c4ccc5oc6ccc(C)c7cccc(c8cccc4c58)c67)c4cccc(c5cccc1c25)c34. The Morgan fingerprint density at radius 3 is 0.977 bits per heavy atom. The fraction of sp³-hybridized carbons (Fsp3) is 0.0476. The molecular formula is C42H26O2. The Kier molecular flexibility index (Phi) is 4.61. The van der Waals surface area contributed by atoms with E-state index in [1.807, 2.05) is 0 Å². The van der Waals surface area contributed by atoms with Crippen LogP contribution in [0.2, 0.25) is 0 Å². The fourth-order valence-electron chi connectivity index (χ4n) is 7.73. The van der Waals surface area contributed by atoms with Crippen molar-refractivity contribution >= 4 is 87.0 Å². The summed E-state index contributed by atoms with van der Waals surface area (Å²) in [6, 6.07) is 43.8. The maximum atomic E-state index is 6.72. The van der Waals surface area contributed by atoms with E-state index >= 15 is 0 Å². The van der Waals surface area contributed by atoms with Crippen LogP contribution in [0.5, 0.6) is 0 Å². The van der Waals surface area contributed by atoms with Crippen molar-refractivity contribution in [1.29, 1.82) is 0 Å². The van der Waals surface area contributed by atoms with Crippen molar-refractivity contribution in [3.8, 4) is 11.1 Å². The summed E-state index contributed by atoms with van der Waals surface area (Å²) in [5, 5.41) is 14.3. The van der Waals surface area contributed by atoms with Gasteiger partial charge in [-0.3, -0.25) is 0 Å². The molecule has 2 heteroatoms. The number of rotatable bonds is 1. The molecule has 2 heterocycles. The summed E-state index contributed by atoms with van der Waals surface area (Å²) >= 11 is 0. The number of hydrogen-bond acceptors (Lipinski definition) is 2. The van der Waals surface area contributed by atoms with Gasteiger partial charge in [-0.25, -0.2) is 0 Å². The Hall–Kier alpha value is -5.60. The van der Waals surface area contributed by atoms with Crippen LogP contribution in [0.4, 0.5) is 0 Å². The molecule has 0 unspecified atom stereocenters. The quantitative estimate of drug-likeness (QED) is 0.199. The Bertz CT molecular complexity index is 2650. The van der Waals surface area contributed by atoms with Gasteiger partial charge in [0.25, 0.3) is 0 Å². The third-order valence-electron chi connectivity index (χ3n) is 9.76. The van der Waals surface area contributed by atoms with Gasteiger partial charge in [-0.15, -0.1) is 0 Å². The highest BCUT2D eigenvalue weighted by molar-refractivity contribution is 6.28. The van der Waals surface area contributed by atoms with Crippen molar-refractivity contribution in [1.82, 2.24) is 0 Å². The van der Waals surface area contributed by atoms with Crippen molar-refractivity contribution in [2.45, 2.75) is 13.8 Å². The summed E-state index contributed by atoms with van der Waals surface area (Å²) < 4.78 is 13.4. The highest BCUT2D eigenvalue weighted by Crippen LogP contribution is 2.44. The highest BCUT2D eigenvalue weighted by Gasteiger charge is 2.18. The van der Waals surface area contributed by atoms with Crippen molar-refractivity contribution < 1.29 is 8.83 Å². The van der Waals surface area contributed by atoms with Gasteiger partial charge in [0.05, 0.1) is 0 Å². The smallest absolute Gasteiger partial charge is 0.135 e. The van der Waals surface area contributed by atoms with E-state index in [-0.39, 0.29) is 0 Å². The van der Waals surface area contributed by atoms with Crippen molar-refractivity contribution in [2.75, 3.05) is 0 Å². The second kappa shape index (κ2) is 8.49. The zero-order valence-electron chi connectivity index (χ0n) is 24.4. The number of hydrogen-bond donors (Lipinski definition) is 0. The van der Waals surface area contributed by atoms with Crippen LogP contribution in [0.25, 0.3) is 98.1 Å². The molecule has 0 aliphatic carbocycles. The zero-order chi connectivity index (χ0) is 29.1. The molecule has 0 aliphatic heterocycles. The molecule has 2 nitrogen and oxygen atoms in total. The van der Waals surface area contributed by atoms with Crippen molar-refractivity contribution in [2.24, 2.45) is 0 Å². The van der Waals surface area contributed by atoms with Crippen LogP contribution in [0, 0.1) is 13.8 Å². The first-order chi connectivity index (χ1) is 21.7. The van der Waals surface area contributed by atoms with Gasteiger partial charge >= 0.3 is 0 Å². The van der Waals surface area contributed by atoms with Gasteiger partial charge in [0, 0.05) is 21.5 Å². The number of benzene rings is 8. The second-order valence-electron chi connectivity index (χ2n) is 12.1. The molecule has 0 bridgehead atoms. The normalized spacial score (nSPS) is 12.3. The molecule has 0 aliphatic rings. The van der Waals surface area contributed by atoms with E-state index in [1.165, 1.54) is 76.1 Å².